The minimum absolute atomic E-state index is 0.880. The fraction of sp³-hybridized carbons (Fsp3) is 0.0909. The highest BCUT2D eigenvalue weighted by molar-refractivity contribution is 7.22. The first kappa shape index (κ1) is 16.0. The number of aromatic nitrogens is 3. The lowest BCUT2D eigenvalue weighted by Crippen LogP contribution is -2.04. The average Bonchev–Trinajstić information content (AvgIpc) is 3.34. The number of fused-ring (bicyclic) bond motifs is 2. The van der Waals surface area contributed by atoms with E-state index < -0.39 is 0 Å². The Labute approximate surface area is 160 Å². The van der Waals surface area contributed by atoms with E-state index in [0.29, 0.717) is 0 Å². The Morgan fingerprint density at radius 1 is 1.00 bits per heavy atom. The highest BCUT2D eigenvalue weighted by Crippen LogP contribution is 2.33. The van der Waals surface area contributed by atoms with Crippen LogP contribution in [0.4, 0.5) is 5.13 Å². The third kappa shape index (κ3) is 3.17. The molecule has 0 aliphatic carbocycles. The van der Waals surface area contributed by atoms with Gasteiger partial charge in [-0.25, -0.2) is 9.97 Å². The Bertz CT molecular complexity index is 1210. The van der Waals surface area contributed by atoms with E-state index in [2.05, 4.69) is 69.9 Å². The van der Waals surface area contributed by atoms with E-state index in [4.69, 9.17) is 4.98 Å². The Morgan fingerprint density at radius 3 is 2.85 bits per heavy atom. The van der Waals surface area contributed by atoms with Crippen LogP contribution in [-0.4, -0.2) is 21.5 Å². The molecule has 0 saturated heterocycles. The van der Waals surface area contributed by atoms with Gasteiger partial charge in [-0.1, -0.05) is 47.7 Å². The molecule has 0 saturated carbocycles. The first-order valence-electron chi connectivity index (χ1n) is 8.98. The van der Waals surface area contributed by atoms with Crippen LogP contribution in [0.25, 0.3) is 32.4 Å². The number of aromatic amines is 1. The summed E-state index contributed by atoms with van der Waals surface area (Å²) in [6.07, 6.45) is 4.77. The molecule has 2 N–H and O–H groups in total. The smallest absolute Gasteiger partial charge is 0.183 e. The van der Waals surface area contributed by atoms with E-state index in [1.54, 1.807) is 11.3 Å². The normalized spacial score (nSPS) is 11.3. The van der Waals surface area contributed by atoms with Crippen LogP contribution < -0.4 is 5.32 Å². The van der Waals surface area contributed by atoms with Crippen molar-refractivity contribution in [2.45, 2.75) is 6.42 Å². The van der Waals surface area contributed by atoms with Crippen LogP contribution in [0.2, 0.25) is 0 Å². The largest absolute Gasteiger partial charge is 0.361 e. The molecule has 0 spiro atoms. The van der Waals surface area contributed by atoms with Crippen LogP contribution in [0.15, 0.2) is 73.1 Å². The molecule has 0 aliphatic heterocycles. The molecule has 0 amide bonds. The molecule has 5 heteroatoms. The molecule has 0 atom stereocenters. The predicted molar refractivity (Wildman–Crippen MR) is 113 cm³/mol. The number of nitrogens with zero attached hydrogens (tertiary/aromatic N) is 2. The lowest BCUT2D eigenvalue weighted by atomic mass is 10.0. The molecule has 0 unspecified atom stereocenters. The third-order valence-corrected chi connectivity index (χ3v) is 5.67. The molecule has 0 bridgehead atoms. The van der Waals surface area contributed by atoms with Crippen molar-refractivity contribution in [2.75, 3.05) is 11.9 Å². The fourth-order valence-corrected chi connectivity index (χ4v) is 4.27. The summed E-state index contributed by atoms with van der Waals surface area (Å²) in [6.45, 7) is 0.880. The molecule has 3 heterocycles. The summed E-state index contributed by atoms with van der Waals surface area (Å²) in [7, 11) is 0. The number of thiazole rings is 1. The zero-order valence-electron chi connectivity index (χ0n) is 14.6. The van der Waals surface area contributed by atoms with Crippen LogP contribution in [0.3, 0.4) is 0 Å². The van der Waals surface area contributed by atoms with Gasteiger partial charge in [0.05, 0.1) is 10.2 Å². The van der Waals surface area contributed by atoms with Crippen molar-refractivity contribution in [1.82, 2.24) is 15.0 Å². The molecule has 27 heavy (non-hydrogen) atoms. The summed E-state index contributed by atoms with van der Waals surface area (Å²) >= 11 is 1.70. The number of hydrogen-bond acceptors (Lipinski definition) is 4. The first-order chi connectivity index (χ1) is 13.4. The van der Waals surface area contributed by atoms with Crippen molar-refractivity contribution in [3.05, 3.63) is 78.6 Å². The lowest BCUT2D eigenvalue weighted by molar-refractivity contribution is 1.02. The molecule has 132 valence electrons. The van der Waals surface area contributed by atoms with Crippen molar-refractivity contribution in [3.63, 3.8) is 0 Å². The number of anilines is 1. The van der Waals surface area contributed by atoms with Gasteiger partial charge < -0.3 is 10.3 Å². The van der Waals surface area contributed by atoms with Gasteiger partial charge in [-0.15, -0.1) is 0 Å². The monoisotopic (exact) mass is 370 g/mol. The van der Waals surface area contributed by atoms with E-state index in [0.717, 1.165) is 34.6 Å². The summed E-state index contributed by atoms with van der Waals surface area (Å²) < 4.78 is 1.19. The van der Waals surface area contributed by atoms with Crippen LogP contribution >= 0.6 is 11.3 Å². The van der Waals surface area contributed by atoms with E-state index in [9.17, 15) is 0 Å². The van der Waals surface area contributed by atoms with E-state index in [1.807, 2.05) is 18.5 Å². The minimum atomic E-state index is 0.880. The molecule has 5 aromatic rings. The first-order valence-corrected chi connectivity index (χ1v) is 9.79. The standard InChI is InChI=1S/C22H18N4S/c1-2-4-15(5-3-1)8-11-25-22-26-19-7-6-16(14-20(19)27-22)17-9-12-23-21-18(17)10-13-24-21/h1-7,9-10,12-14H,8,11H2,(H,23,24)(H,25,26). The topological polar surface area (TPSA) is 53.6 Å². The van der Waals surface area contributed by atoms with Gasteiger partial charge in [-0.2, -0.15) is 0 Å². The van der Waals surface area contributed by atoms with Crippen molar-refractivity contribution in [3.8, 4) is 11.1 Å². The van der Waals surface area contributed by atoms with Crippen molar-refractivity contribution < 1.29 is 0 Å². The maximum atomic E-state index is 4.72. The average molecular weight is 370 g/mol. The maximum absolute atomic E-state index is 4.72. The van der Waals surface area contributed by atoms with Gasteiger partial charge >= 0.3 is 0 Å². The highest BCUT2D eigenvalue weighted by Gasteiger charge is 2.09. The number of rotatable bonds is 5. The summed E-state index contributed by atoms with van der Waals surface area (Å²) in [5.74, 6) is 0. The lowest BCUT2D eigenvalue weighted by Gasteiger charge is -2.03. The molecular weight excluding hydrogens is 352 g/mol. The molecule has 3 aromatic heterocycles. The molecular formula is C22H18N4S. The minimum Gasteiger partial charge on any atom is -0.361 e. The summed E-state index contributed by atoms with van der Waals surface area (Å²) in [6, 6.07) is 21.1. The van der Waals surface area contributed by atoms with Gasteiger partial charge in [0.2, 0.25) is 0 Å². The summed E-state index contributed by atoms with van der Waals surface area (Å²) in [5, 5.41) is 5.57. The van der Waals surface area contributed by atoms with Gasteiger partial charge in [0, 0.05) is 24.3 Å². The van der Waals surface area contributed by atoms with Crippen LogP contribution in [-0.2, 0) is 6.42 Å². The Kier molecular flexibility index (Phi) is 4.07. The van der Waals surface area contributed by atoms with Crippen LogP contribution in [0.1, 0.15) is 5.56 Å². The van der Waals surface area contributed by atoms with Gasteiger partial charge in [-0.3, -0.25) is 0 Å². The molecule has 5 rings (SSSR count). The molecule has 0 fully saturated rings. The van der Waals surface area contributed by atoms with Gasteiger partial charge in [0.25, 0.3) is 0 Å². The Balaban J connectivity index is 1.39. The second-order valence-electron chi connectivity index (χ2n) is 6.46. The number of hydrogen-bond donors (Lipinski definition) is 2. The molecule has 0 radical (unpaired) electrons. The van der Waals surface area contributed by atoms with Crippen molar-refractivity contribution in [1.29, 1.82) is 0 Å². The van der Waals surface area contributed by atoms with Crippen LogP contribution in [0, 0.1) is 0 Å². The number of nitrogens with one attached hydrogen (secondary N) is 2. The number of H-pyrrole nitrogens is 1. The number of benzene rings is 2. The maximum Gasteiger partial charge on any atom is 0.183 e. The summed E-state index contributed by atoms with van der Waals surface area (Å²) in [5.41, 5.74) is 5.66. The number of pyridine rings is 1. The zero-order chi connectivity index (χ0) is 18.1. The van der Waals surface area contributed by atoms with E-state index in [-0.39, 0.29) is 0 Å². The van der Waals surface area contributed by atoms with Gasteiger partial charge in [-0.05, 0) is 47.4 Å². The van der Waals surface area contributed by atoms with Gasteiger partial charge in [0.1, 0.15) is 5.65 Å². The molecule has 0 aliphatic rings. The second-order valence-corrected chi connectivity index (χ2v) is 7.49. The predicted octanol–water partition coefficient (Wildman–Crippen LogP) is 5.49. The van der Waals surface area contributed by atoms with Gasteiger partial charge in [0.15, 0.2) is 5.13 Å². The van der Waals surface area contributed by atoms with Crippen molar-refractivity contribution >= 4 is 37.7 Å². The molecule has 4 nitrogen and oxygen atoms in total. The molecule has 2 aromatic carbocycles. The summed E-state index contributed by atoms with van der Waals surface area (Å²) in [4.78, 5) is 12.3. The zero-order valence-corrected chi connectivity index (χ0v) is 15.5. The second kappa shape index (κ2) is 6.85. The van der Waals surface area contributed by atoms with Crippen LogP contribution in [0.5, 0.6) is 0 Å². The third-order valence-electron chi connectivity index (χ3n) is 4.69. The quantitative estimate of drug-likeness (QED) is 0.430. The SMILES string of the molecule is c1ccc(CCNc2nc3ccc(-c4ccnc5[nH]ccc45)cc3s2)cc1. The Hall–Kier alpha value is -3.18. The fourth-order valence-electron chi connectivity index (χ4n) is 3.34. The van der Waals surface area contributed by atoms with E-state index >= 15 is 0 Å². The highest BCUT2D eigenvalue weighted by atomic mass is 32.1. The Morgan fingerprint density at radius 2 is 1.93 bits per heavy atom. The van der Waals surface area contributed by atoms with Crippen molar-refractivity contribution in [2.24, 2.45) is 0 Å². The van der Waals surface area contributed by atoms with E-state index in [1.165, 1.54) is 21.4 Å².